The minimum Gasteiger partial charge on any atom is -0.496 e. The Balaban J connectivity index is 2.09. The lowest BCUT2D eigenvalue weighted by atomic mass is 10.2. The van der Waals surface area contributed by atoms with Crippen LogP contribution in [0.2, 0.25) is 0 Å². The van der Waals surface area contributed by atoms with E-state index in [-0.39, 0.29) is 16.8 Å². The molecule has 0 spiro atoms. The first-order chi connectivity index (χ1) is 9.83. The maximum Gasteiger partial charge on any atom is 0.241 e. The number of ether oxygens (including phenoxy) is 1. The van der Waals surface area contributed by atoms with Crippen LogP contribution in [0, 0.1) is 6.92 Å². The molecule has 0 aliphatic heterocycles. The summed E-state index contributed by atoms with van der Waals surface area (Å²) in [6.07, 6.45) is 1.92. The number of carbonyl (C=O) groups is 1. The predicted octanol–water partition coefficient (Wildman–Crippen LogP) is 0.949. The lowest BCUT2D eigenvalue weighted by molar-refractivity contribution is -0.122. The number of sulfonamides is 1. The number of aryl methyl sites for hydroxylation is 1. The van der Waals surface area contributed by atoms with Gasteiger partial charge in [0, 0.05) is 6.04 Å². The van der Waals surface area contributed by atoms with E-state index in [0.29, 0.717) is 5.75 Å². The number of hydrogen-bond donors (Lipinski definition) is 2. The van der Waals surface area contributed by atoms with Gasteiger partial charge in [-0.15, -0.1) is 0 Å². The largest absolute Gasteiger partial charge is 0.496 e. The van der Waals surface area contributed by atoms with E-state index in [9.17, 15) is 13.2 Å². The third-order valence-electron chi connectivity index (χ3n) is 3.33. The van der Waals surface area contributed by atoms with Gasteiger partial charge in [-0.2, -0.15) is 4.72 Å². The standard InChI is InChI=1S/C14H20N2O4S/c1-9-8-12(6-7-13(9)20-3)21(18,19)16-10(2)14(17)15-11-4-5-11/h6-8,10-11,16H,4-5H2,1-3H3,(H,15,17)/t10-/m0/s1. The first-order valence-electron chi connectivity index (χ1n) is 6.81. The summed E-state index contributed by atoms with van der Waals surface area (Å²) in [6.45, 7) is 3.30. The Morgan fingerprint density at radius 1 is 1.38 bits per heavy atom. The van der Waals surface area contributed by atoms with Crippen molar-refractivity contribution in [3.63, 3.8) is 0 Å². The van der Waals surface area contributed by atoms with Gasteiger partial charge < -0.3 is 10.1 Å². The van der Waals surface area contributed by atoms with E-state index < -0.39 is 16.1 Å². The van der Waals surface area contributed by atoms with Crippen molar-refractivity contribution in [1.82, 2.24) is 10.0 Å². The number of hydrogen-bond acceptors (Lipinski definition) is 4. The van der Waals surface area contributed by atoms with Crippen molar-refractivity contribution in [2.24, 2.45) is 0 Å². The van der Waals surface area contributed by atoms with Gasteiger partial charge in [-0.1, -0.05) is 0 Å². The summed E-state index contributed by atoms with van der Waals surface area (Å²) < 4.78 is 32.0. The van der Waals surface area contributed by atoms with Crippen molar-refractivity contribution in [1.29, 1.82) is 0 Å². The molecule has 0 bridgehead atoms. The number of carbonyl (C=O) groups excluding carboxylic acids is 1. The maximum absolute atomic E-state index is 12.3. The van der Waals surface area contributed by atoms with Gasteiger partial charge in [0.15, 0.2) is 0 Å². The highest BCUT2D eigenvalue weighted by molar-refractivity contribution is 7.89. The maximum atomic E-state index is 12.3. The quantitative estimate of drug-likeness (QED) is 0.819. The lowest BCUT2D eigenvalue weighted by Crippen LogP contribution is -2.45. The van der Waals surface area contributed by atoms with E-state index in [1.807, 2.05) is 0 Å². The second-order valence-corrected chi connectivity index (χ2v) is 6.97. The van der Waals surface area contributed by atoms with Gasteiger partial charge >= 0.3 is 0 Å². The van der Waals surface area contributed by atoms with E-state index in [1.165, 1.54) is 26.2 Å². The molecule has 0 radical (unpaired) electrons. The molecule has 0 unspecified atom stereocenters. The van der Waals surface area contributed by atoms with Crippen molar-refractivity contribution < 1.29 is 17.9 Å². The van der Waals surface area contributed by atoms with E-state index in [1.54, 1.807) is 13.0 Å². The van der Waals surface area contributed by atoms with Crippen molar-refractivity contribution >= 4 is 15.9 Å². The fourth-order valence-electron chi connectivity index (χ4n) is 1.93. The highest BCUT2D eigenvalue weighted by Crippen LogP contribution is 2.22. The smallest absolute Gasteiger partial charge is 0.241 e. The predicted molar refractivity (Wildman–Crippen MR) is 78.7 cm³/mol. The number of nitrogens with one attached hydrogen (secondary N) is 2. The summed E-state index contributed by atoms with van der Waals surface area (Å²) in [5, 5.41) is 2.77. The number of benzene rings is 1. The third kappa shape index (κ3) is 3.95. The van der Waals surface area contributed by atoms with Gasteiger partial charge in [0.2, 0.25) is 15.9 Å². The van der Waals surface area contributed by atoms with Crippen molar-refractivity contribution in [2.45, 2.75) is 43.7 Å². The van der Waals surface area contributed by atoms with E-state index in [0.717, 1.165) is 18.4 Å². The molecular formula is C14H20N2O4S. The molecule has 2 N–H and O–H groups in total. The number of rotatable bonds is 6. The minimum absolute atomic E-state index is 0.117. The first kappa shape index (κ1) is 15.8. The molecule has 1 aliphatic rings. The molecule has 0 saturated heterocycles. The average Bonchev–Trinajstić information content (AvgIpc) is 3.22. The molecule has 1 atom stereocenters. The summed E-state index contributed by atoms with van der Waals surface area (Å²) in [5.41, 5.74) is 0.718. The van der Waals surface area contributed by atoms with E-state index >= 15 is 0 Å². The summed E-state index contributed by atoms with van der Waals surface area (Å²) in [5.74, 6) is 0.319. The third-order valence-corrected chi connectivity index (χ3v) is 4.86. The zero-order valence-electron chi connectivity index (χ0n) is 12.3. The molecule has 1 saturated carbocycles. The lowest BCUT2D eigenvalue weighted by Gasteiger charge is -2.15. The fourth-order valence-corrected chi connectivity index (χ4v) is 3.21. The highest BCUT2D eigenvalue weighted by atomic mass is 32.2. The Hall–Kier alpha value is -1.60. The summed E-state index contributed by atoms with van der Waals surface area (Å²) in [4.78, 5) is 11.9. The van der Waals surface area contributed by atoms with Gasteiger partial charge in [0.05, 0.1) is 18.0 Å². The Morgan fingerprint density at radius 2 is 2.05 bits per heavy atom. The molecule has 6 nitrogen and oxygen atoms in total. The second-order valence-electron chi connectivity index (χ2n) is 5.26. The van der Waals surface area contributed by atoms with Crippen LogP contribution in [-0.2, 0) is 14.8 Å². The van der Waals surface area contributed by atoms with Crippen LogP contribution in [0.4, 0.5) is 0 Å². The summed E-state index contributed by atoms with van der Waals surface area (Å²) in [7, 11) is -2.21. The SMILES string of the molecule is COc1ccc(S(=O)(=O)N[C@@H](C)C(=O)NC2CC2)cc1C. The normalized spacial score (nSPS) is 16.3. The molecule has 1 aromatic rings. The van der Waals surface area contributed by atoms with Crippen molar-refractivity contribution in [3.05, 3.63) is 23.8 Å². The van der Waals surface area contributed by atoms with Crippen LogP contribution in [0.15, 0.2) is 23.1 Å². The second kappa shape index (κ2) is 6.03. The molecule has 1 aromatic carbocycles. The zero-order valence-corrected chi connectivity index (χ0v) is 13.2. The highest BCUT2D eigenvalue weighted by Gasteiger charge is 2.28. The Kier molecular flexibility index (Phi) is 4.53. The van der Waals surface area contributed by atoms with Gasteiger partial charge in [-0.25, -0.2) is 8.42 Å². The molecule has 116 valence electrons. The molecule has 21 heavy (non-hydrogen) atoms. The Labute approximate surface area is 124 Å². The Bertz CT molecular complexity index is 638. The fraction of sp³-hybridized carbons (Fsp3) is 0.500. The molecular weight excluding hydrogens is 292 g/mol. The van der Waals surface area contributed by atoms with Crippen molar-refractivity contribution in [3.8, 4) is 5.75 Å². The van der Waals surface area contributed by atoms with Gasteiger partial charge in [0.1, 0.15) is 5.75 Å². The average molecular weight is 312 g/mol. The molecule has 0 aromatic heterocycles. The van der Waals surface area contributed by atoms with E-state index in [4.69, 9.17) is 4.74 Å². The molecule has 7 heteroatoms. The number of methoxy groups -OCH3 is 1. The zero-order chi connectivity index (χ0) is 15.6. The van der Waals surface area contributed by atoms with E-state index in [2.05, 4.69) is 10.0 Å². The molecule has 0 heterocycles. The molecule has 1 amide bonds. The van der Waals surface area contributed by atoms with Gasteiger partial charge in [-0.3, -0.25) is 4.79 Å². The monoisotopic (exact) mass is 312 g/mol. The van der Waals surface area contributed by atoms with Crippen molar-refractivity contribution in [2.75, 3.05) is 7.11 Å². The Morgan fingerprint density at radius 3 is 2.57 bits per heavy atom. The molecule has 1 fully saturated rings. The topological polar surface area (TPSA) is 84.5 Å². The number of amides is 1. The minimum atomic E-state index is -3.73. The summed E-state index contributed by atoms with van der Waals surface area (Å²) >= 11 is 0. The van der Waals surface area contributed by atoms with Gasteiger partial charge in [0.25, 0.3) is 0 Å². The van der Waals surface area contributed by atoms with Crippen LogP contribution >= 0.6 is 0 Å². The van der Waals surface area contributed by atoms with Crippen LogP contribution in [0.25, 0.3) is 0 Å². The first-order valence-corrected chi connectivity index (χ1v) is 8.29. The summed E-state index contributed by atoms with van der Waals surface area (Å²) in [6, 6.07) is 3.97. The molecule has 2 rings (SSSR count). The van der Waals surface area contributed by atoms with Gasteiger partial charge in [-0.05, 0) is 50.5 Å². The van der Waals surface area contributed by atoms with Crippen LogP contribution in [0.5, 0.6) is 5.75 Å². The molecule has 1 aliphatic carbocycles. The van der Waals surface area contributed by atoms with Crippen LogP contribution in [-0.4, -0.2) is 33.5 Å². The van der Waals surface area contributed by atoms with Crippen LogP contribution < -0.4 is 14.8 Å². The van der Waals surface area contributed by atoms with Crippen LogP contribution in [0.3, 0.4) is 0 Å². The van der Waals surface area contributed by atoms with Crippen LogP contribution in [0.1, 0.15) is 25.3 Å².